The third-order valence-corrected chi connectivity index (χ3v) is 4.54. The van der Waals surface area contributed by atoms with E-state index in [1.54, 1.807) is 30.3 Å². The molecular formula is C24H19FN4O. The first-order valence-corrected chi connectivity index (χ1v) is 9.40. The highest BCUT2D eigenvalue weighted by molar-refractivity contribution is 6.04. The van der Waals surface area contributed by atoms with Gasteiger partial charge in [0.15, 0.2) is 0 Å². The molecule has 30 heavy (non-hydrogen) atoms. The number of anilines is 3. The Bertz CT molecular complexity index is 1160. The van der Waals surface area contributed by atoms with E-state index in [2.05, 4.69) is 20.6 Å². The maximum Gasteiger partial charge on any atom is 0.255 e. The zero-order valence-electron chi connectivity index (χ0n) is 16.3. The van der Waals surface area contributed by atoms with Crippen LogP contribution in [0.4, 0.5) is 21.6 Å². The number of aryl methyl sites for hydroxylation is 1. The molecular weight excluding hydrogens is 379 g/mol. The van der Waals surface area contributed by atoms with Gasteiger partial charge in [0.1, 0.15) is 18.0 Å². The Labute approximate surface area is 173 Å². The second kappa shape index (κ2) is 8.53. The summed E-state index contributed by atoms with van der Waals surface area (Å²) in [4.78, 5) is 20.9. The zero-order chi connectivity index (χ0) is 20.9. The van der Waals surface area contributed by atoms with Crippen LogP contribution in [0.2, 0.25) is 0 Å². The van der Waals surface area contributed by atoms with E-state index in [-0.39, 0.29) is 11.7 Å². The summed E-state index contributed by atoms with van der Waals surface area (Å²) >= 11 is 0. The molecule has 4 aromatic rings. The van der Waals surface area contributed by atoms with E-state index in [0.29, 0.717) is 17.1 Å². The second-order valence-corrected chi connectivity index (χ2v) is 6.82. The molecule has 2 N–H and O–H groups in total. The largest absolute Gasteiger partial charge is 0.340 e. The normalized spacial score (nSPS) is 10.5. The maximum atomic E-state index is 13.1. The van der Waals surface area contributed by atoms with Gasteiger partial charge in [0.2, 0.25) is 0 Å². The number of amides is 1. The van der Waals surface area contributed by atoms with Gasteiger partial charge < -0.3 is 10.6 Å². The molecule has 1 heterocycles. The highest BCUT2D eigenvalue weighted by atomic mass is 19.1. The van der Waals surface area contributed by atoms with E-state index in [9.17, 15) is 9.18 Å². The third kappa shape index (κ3) is 4.67. The van der Waals surface area contributed by atoms with Crippen molar-refractivity contribution in [2.75, 3.05) is 10.6 Å². The summed E-state index contributed by atoms with van der Waals surface area (Å²) in [6, 6.07) is 22.7. The Morgan fingerprint density at radius 1 is 0.833 bits per heavy atom. The van der Waals surface area contributed by atoms with Gasteiger partial charge in [0, 0.05) is 28.6 Å². The second-order valence-electron chi connectivity index (χ2n) is 6.82. The first kappa shape index (κ1) is 19.3. The highest BCUT2D eigenvalue weighted by Gasteiger charge is 2.07. The monoisotopic (exact) mass is 398 g/mol. The molecule has 0 aliphatic rings. The van der Waals surface area contributed by atoms with Gasteiger partial charge >= 0.3 is 0 Å². The number of hydrogen-bond acceptors (Lipinski definition) is 4. The molecule has 0 spiro atoms. The van der Waals surface area contributed by atoms with E-state index >= 15 is 0 Å². The molecule has 6 heteroatoms. The van der Waals surface area contributed by atoms with E-state index in [1.165, 1.54) is 18.5 Å². The van der Waals surface area contributed by atoms with Crippen LogP contribution in [0, 0.1) is 12.7 Å². The number of nitrogens with zero attached hydrogens (tertiary/aromatic N) is 2. The van der Waals surface area contributed by atoms with Crippen LogP contribution in [0.1, 0.15) is 15.9 Å². The molecule has 1 amide bonds. The molecule has 0 aliphatic carbocycles. The van der Waals surface area contributed by atoms with Crippen LogP contribution in [0.15, 0.2) is 85.2 Å². The Hall–Kier alpha value is -4.06. The zero-order valence-corrected chi connectivity index (χ0v) is 16.3. The summed E-state index contributed by atoms with van der Waals surface area (Å²) in [5.41, 5.74) is 4.70. The van der Waals surface area contributed by atoms with E-state index in [1.807, 2.05) is 43.3 Å². The number of hydrogen-bond donors (Lipinski definition) is 2. The number of aromatic nitrogens is 2. The van der Waals surface area contributed by atoms with Crippen molar-refractivity contribution in [1.82, 2.24) is 9.97 Å². The van der Waals surface area contributed by atoms with Crippen molar-refractivity contribution in [2.45, 2.75) is 6.92 Å². The highest BCUT2D eigenvalue weighted by Crippen LogP contribution is 2.22. The number of halogens is 1. The molecule has 4 rings (SSSR count). The number of benzene rings is 3. The van der Waals surface area contributed by atoms with E-state index in [4.69, 9.17) is 0 Å². The summed E-state index contributed by atoms with van der Waals surface area (Å²) in [7, 11) is 0. The Kier molecular flexibility index (Phi) is 5.48. The first-order valence-electron chi connectivity index (χ1n) is 9.40. The first-order chi connectivity index (χ1) is 14.6. The summed E-state index contributed by atoms with van der Waals surface area (Å²) in [6.07, 6.45) is 1.45. The van der Waals surface area contributed by atoms with Crippen LogP contribution >= 0.6 is 0 Å². The molecule has 0 saturated carbocycles. The number of nitrogens with one attached hydrogen (secondary N) is 2. The van der Waals surface area contributed by atoms with Crippen molar-refractivity contribution in [3.63, 3.8) is 0 Å². The van der Waals surface area contributed by atoms with Gasteiger partial charge in [-0.2, -0.15) is 0 Å². The van der Waals surface area contributed by atoms with Gasteiger partial charge in [0.05, 0.1) is 5.69 Å². The molecule has 0 fully saturated rings. The SMILES string of the molecule is Cc1ccc(NC(=O)c2ccc(Nc3cc(-c4ccc(F)cc4)ncn3)cc2)cc1. The smallest absolute Gasteiger partial charge is 0.255 e. The quantitative estimate of drug-likeness (QED) is 0.460. The van der Waals surface area contributed by atoms with E-state index < -0.39 is 0 Å². The minimum atomic E-state index is -0.294. The van der Waals surface area contributed by atoms with Crippen molar-refractivity contribution >= 4 is 23.1 Å². The lowest BCUT2D eigenvalue weighted by atomic mass is 10.1. The number of carbonyl (C=O) groups excluding carboxylic acids is 1. The lowest BCUT2D eigenvalue weighted by molar-refractivity contribution is 0.102. The lowest BCUT2D eigenvalue weighted by Gasteiger charge is -2.09. The average molecular weight is 398 g/mol. The van der Waals surface area contributed by atoms with Gasteiger partial charge in [-0.15, -0.1) is 0 Å². The van der Waals surface area contributed by atoms with E-state index in [0.717, 1.165) is 22.5 Å². The van der Waals surface area contributed by atoms with Crippen LogP contribution < -0.4 is 10.6 Å². The van der Waals surface area contributed by atoms with Gasteiger partial charge in [0.25, 0.3) is 5.91 Å². The van der Waals surface area contributed by atoms with Gasteiger partial charge in [-0.3, -0.25) is 4.79 Å². The summed E-state index contributed by atoms with van der Waals surface area (Å²) in [5, 5.41) is 6.07. The molecule has 0 atom stereocenters. The molecule has 0 bridgehead atoms. The van der Waals surface area contributed by atoms with Crippen molar-refractivity contribution in [1.29, 1.82) is 0 Å². The Morgan fingerprint density at radius 2 is 1.50 bits per heavy atom. The van der Waals surface area contributed by atoms with Gasteiger partial charge in [-0.05, 0) is 67.6 Å². The fourth-order valence-corrected chi connectivity index (χ4v) is 2.90. The van der Waals surface area contributed by atoms with Crippen molar-refractivity contribution in [3.8, 4) is 11.3 Å². The fourth-order valence-electron chi connectivity index (χ4n) is 2.90. The Balaban J connectivity index is 1.44. The minimum absolute atomic E-state index is 0.175. The summed E-state index contributed by atoms with van der Waals surface area (Å²) in [5.74, 6) is 0.130. The topological polar surface area (TPSA) is 66.9 Å². The average Bonchev–Trinajstić information content (AvgIpc) is 2.76. The molecule has 0 radical (unpaired) electrons. The molecule has 0 saturated heterocycles. The molecule has 0 unspecified atom stereocenters. The van der Waals surface area contributed by atoms with Crippen LogP contribution in [0.3, 0.4) is 0 Å². The Morgan fingerprint density at radius 3 is 2.20 bits per heavy atom. The summed E-state index contributed by atoms with van der Waals surface area (Å²) < 4.78 is 13.1. The minimum Gasteiger partial charge on any atom is -0.340 e. The molecule has 3 aromatic carbocycles. The molecule has 5 nitrogen and oxygen atoms in total. The van der Waals surface area contributed by atoms with Crippen molar-refractivity contribution < 1.29 is 9.18 Å². The van der Waals surface area contributed by atoms with Crippen LogP contribution in [0.25, 0.3) is 11.3 Å². The standard InChI is InChI=1S/C24H19FN4O/c1-16-2-10-21(11-3-16)29-24(30)18-6-12-20(13-7-18)28-23-14-22(26-15-27-23)17-4-8-19(25)9-5-17/h2-15H,1H3,(H,29,30)(H,26,27,28). The van der Waals surface area contributed by atoms with Crippen molar-refractivity contribution in [2.24, 2.45) is 0 Å². The van der Waals surface area contributed by atoms with Crippen LogP contribution in [-0.2, 0) is 0 Å². The number of rotatable bonds is 5. The van der Waals surface area contributed by atoms with Gasteiger partial charge in [-0.25, -0.2) is 14.4 Å². The predicted molar refractivity (Wildman–Crippen MR) is 116 cm³/mol. The molecule has 0 aliphatic heterocycles. The van der Waals surface area contributed by atoms with Crippen LogP contribution in [-0.4, -0.2) is 15.9 Å². The van der Waals surface area contributed by atoms with Crippen molar-refractivity contribution in [3.05, 3.63) is 102 Å². The summed E-state index contributed by atoms with van der Waals surface area (Å²) in [6.45, 7) is 2.00. The third-order valence-electron chi connectivity index (χ3n) is 4.54. The van der Waals surface area contributed by atoms with Gasteiger partial charge in [-0.1, -0.05) is 17.7 Å². The fraction of sp³-hybridized carbons (Fsp3) is 0.0417. The predicted octanol–water partition coefficient (Wildman–Crippen LogP) is 5.59. The molecule has 1 aromatic heterocycles. The lowest BCUT2D eigenvalue weighted by Crippen LogP contribution is -2.11. The molecule has 148 valence electrons. The number of carbonyl (C=O) groups is 1. The van der Waals surface area contributed by atoms with Crippen LogP contribution in [0.5, 0.6) is 0 Å². The maximum absolute atomic E-state index is 13.1.